The minimum atomic E-state index is 0.451. The molecule has 1 fully saturated rings. The zero-order valence-electron chi connectivity index (χ0n) is 13.7. The Morgan fingerprint density at radius 2 is 2.19 bits per heavy atom. The van der Waals surface area contributed by atoms with Crippen LogP contribution in [0.2, 0.25) is 0 Å². The Bertz CT molecular complexity index is 452. The summed E-state index contributed by atoms with van der Waals surface area (Å²) in [4.78, 5) is 11.6. The molecule has 0 spiro atoms. The second kappa shape index (κ2) is 7.59. The Morgan fingerprint density at radius 1 is 1.38 bits per heavy atom. The molecule has 2 rings (SSSR count). The fourth-order valence-electron chi connectivity index (χ4n) is 2.83. The monoisotopic (exact) mass is 292 g/mol. The van der Waals surface area contributed by atoms with Crippen LogP contribution in [-0.2, 0) is 11.3 Å². The molecular formula is C16H28N4O. The van der Waals surface area contributed by atoms with Crippen molar-refractivity contribution in [3.05, 3.63) is 11.9 Å². The van der Waals surface area contributed by atoms with E-state index < -0.39 is 0 Å². The molecule has 1 saturated heterocycles. The molecule has 0 saturated carbocycles. The quantitative estimate of drug-likeness (QED) is 0.873. The Morgan fingerprint density at radius 3 is 2.90 bits per heavy atom. The number of anilines is 2. The summed E-state index contributed by atoms with van der Waals surface area (Å²) < 4.78 is 5.21. The fraction of sp³-hybridized carbons (Fsp3) is 0.750. The van der Waals surface area contributed by atoms with Crippen LogP contribution in [0.1, 0.15) is 45.9 Å². The highest BCUT2D eigenvalue weighted by Crippen LogP contribution is 2.28. The van der Waals surface area contributed by atoms with E-state index in [2.05, 4.69) is 47.0 Å². The third-order valence-corrected chi connectivity index (χ3v) is 4.26. The topological polar surface area (TPSA) is 50.3 Å². The summed E-state index contributed by atoms with van der Waals surface area (Å²) in [6, 6.07) is 2.59. The summed E-state index contributed by atoms with van der Waals surface area (Å²) in [5.74, 6) is 3.37. The molecule has 1 N–H and O–H groups in total. The lowest BCUT2D eigenvalue weighted by molar-refractivity contribution is 0.178. The molecule has 0 bridgehead atoms. The lowest BCUT2D eigenvalue weighted by Crippen LogP contribution is -2.43. The van der Waals surface area contributed by atoms with Gasteiger partial charge in [-0.25, -0.2) is 9.97 Å². The van der Waals surface area contributed by atoms with E-state index in [4.69, 9.17) is 4.74 Å². The van der Waals surface area contributed by atoms with Crippen molar-refractivity contribution in [3.8, 4) is 0 Å². The van der Waals surface area contributed by atoms with Gasteiger partial charge in [0, 0.05) is 32.3 Å². The number of piperidine rings is 1. The molecule has 2 heterocycles. The van der Waals surface area contributed by atoms with Crippen molar-refractivity contribution in [2.75, 3.05) is 30.4 Å². The normalized spacial score (nSPS) is 22.4. The van der Waals surface area contributed by atoms with E-state index in [1.807, 2.05) is 0 Å². The molecule has 1 aromatic rings. The molecule has 118 valence electrons. The molecule has 2 unspecified atom stereocenters. The van der Waals surface area contributed by atoms with Crippen LogP contribution in [0.4, 0.5) is 11.6 Å². The van der Waals surface area contributed by atoms with Gasteiger partial charge in [-0.3, -0.25) is 0 Å². The lowest BCUT2D eigenvalue weighted by Gasteiger charge is -2.39. The Kier molecular flexibility index (Phi) is 5.79. The van der Waals surface area contributed by atoms with Gasteiger partial charge in [-0.15, -0.1) is 0 Å². The van der Waals surface area contributed by atoms with Crippen molar-refractivity contribution in [1.29, 1.82) is 0 Å². The summed E-state index contributed by atoms with van der Waals surface area (Å²) >= 11 is 0. The molecular weight excluding hydrogens is 264 g/mol. The molecule has 0 aliphatic carbocycles. The van der Waals surface area contributed by atoms with Crippen LogP contribution in [0.25, 0.3) is 0 Å². The number of hydrogen-bond donors (Lipinski definition) is 1. The van der Waals surface area contributed by atoms with Gasteiger partial charge in [0.1, 0.15) is 18.2 Å². The van der Waals surface area contributed by atoms with Gasteiger partial charge in [0.15, 0.2) is 5.82 Å². The number of hydrogen-bond acceptors (Lipinski definition) is 5. The molecule has 0 amide bonds. The maximum atomic E-state index is 5.21. The van der Waals surface area contributed by atoms with Crippen LogP contribution in [-0.4, -0.2) is 36.2 Å². The SMILES string of the molecule is CCCNc1cc(N2CCCC(C)C2C)nc(COC)n1. The maximum Gasteiger partial charge on any atom is 0.158 e. The first-order valence-corrected chi connectivity index (χ1v) is 8.03. The van der Waals surface area contributed by atoms with Gasteiger partial charge in [0.25, 0.3) is 0 Å². The second-order valence-corrected chi connectivity index (χ2v) is 5.94. The van der Waals surface area contributed by atoms with Crippen molar-refractivity contribution >= 4 is 11.6 Å². The third-order valence-electron chi connectivity index (χ3n) is 4.26. The van der Waals surface area contributed by atoms with Crippen molar-refractivity contribution in [1.82, 2.24) is 9.97 Å². The first kappa shape index (κ1) is 16.0. The molecule has 5 heteroatoms. The van der Waals surface area contributed by atoms with Gasteiger partial charge in [0.2, 0.25) is 0 Å². The Labute approximate surface area is 128 Å². The van der Waals surface area contributed by atoms with Crippen molar-refractivity contribution < 1.29 is 4.74 Å². The highest BCUT2D eigenvalue weighted by molar-refractivity contribution is 5.50. The van der Waals surface area contributed by atoms with Crippen LogP contribution in [0, 0.1) is 5.92 Å². The van der Waals surface area contributed by atoms with E-state index in [0.29, 0.717) is 18.6 Å². The minimum absolute atomic E-state index is 0.451. The van der Waals surface area contributed by atoms with Crippen molar-refractivity contribution in [3.63, 3.8) is 0 Å². The predicted molar refractivity (Wildman–Crippen MR) is 86.7 cm³/mol. The van der Waals surface area contributed by atoms with E-state index in [1.54, 1.807) is 7.11 Å². The van der Waals surface area contributed by atoms with Gasteiger partial charge in [-0.1, -0.05) is 13.8 Å². The summed E-state index contributed by atoms with van der Waals surface area (Å²) in [6.07, 6.45) is 3.61. The van der Waals surface area contributed by atoms with Gasteiger partial charge in [-0.05, 0) is 32.1 Å². The molecule has 2 atom stereocenters. The van der Waals surface area contributed by atoms with E-state index in [-0.39, 0.29) is 0 Å². The van der Waals surface area contributed by atoms with E-state index >= 15 is 0 Å². The number of rotatable bonds is 6. The smallest absolute Gasteiger partial charge is 0.158 e. The average Bonchev–Trinajstić information content (AvgIpc) is 2.48. The van der Waals surface area contributed by atoms with Gasteiger partial charge in [0.05, 0.1) is 0 Å². The highest BCUT2D eigenvalue weighted by Gasteiger charge is 2.26. The first-order valence-electron chi connectivity index (χ1n) is 8.03. The summed E-state index contributed by atoms with van der Waals surface area (Å²) in [7, 11) is 1.68. The summed E-state index contributed by atoms with van der Waals surface area (Å²) in [5.41, 5.74) is 0. The summed E-state index contributed by atoms with van der Waals surface area (Å²) in [5, 5.41) is 3.37. The van der Waals surface area contributed by atoms with Gasteiger partial charge in [-0.2, -0.15) is 0 Å². The molecule has 5 nitrogen and oxygen atoms in total. The van der Waals surface area contributed by atoms with Gasteiger partial charge < -0.3 is 15.0 Å². The van der Waals surface area contributed by atoms with Crippen molar-refractivity contribution in [2.45, 2.75) is 52.7 Å². The number of nitrogens with zero attached hydrogens (tertiary/aromatic N) is 3. The van der Waals surface area contributed by atoms with E-state index in [1.165, 1.54) is 12.8 Å². The van der Waals surface area contributed by atoms with Gasteiger partial charge >= 0.3 is 0 Å². The zero-order chi connectivity index (χ0) is 15.2. The number of aromatic nitrogens is 2. The molecule has 21 heavy (non-hydrogen) atoms. The van der Waals surface area contributed by atoms with Crippen LogP contribution < -0.4 is 10.2 Å². The average molecular weight is 292 g/mol. The number of ether oxygens (including phenoxy) is 1. The Hall–Kier alpha value is -1.36. The Balaban J connectivity index is 2.25. The maximum absolute atomic E-state index is 5.21. The zero-order valence-corrected chi connectivity index (χ0v) is 13.7. The minimum Gasteiger partial charge on any atom is -0.377 e. The third kappa shape index (κ3) is 4.06. The van der Waals surface area contributed by atoms with Crippen molar-refractivity contribution in [2.24, 2.45) is 5.92 Å². The van der Waals surface area contributed by atoms with Crippen LogP contribution in [0.3, 0.4) is 0 Å². The highest BCUT2D eigenvalue weighted by atomic mass is 16.5. The molecule has 1 aromatic heterocycles. The second-order valence-electron chi connectivity index (χ2n) is 5.94. The fourth-order valence-corrected chi connectivity index (χ4v) is 2.83. The van der Waals surface area contributed by atoms with Crippen LogP contribution in [0.15, 0.2) is 6.07 Å². The first-order chi connectivity index (χ1) is 10.2. The van der Waals surface area contributed by atoms with Crippen LogP contribution in [0.5, 0.6) is 0 Å². The van der Waals surface area contributed by atoms with E-state index in [9.17, 15) is 0 Å². The molecule has 1 aliphatic rings. The van der Waals surface area contributed by atoms with E-state index in [0.717, 1.165) is 37.0 Å². The molecule has 1 aliphatic heterocycles. The lowest BCUT2D eigenvalue weighted by atomic mass is 9.92. The number of methoxy groups -OCH3 is 1. The standard InChI is InChI=1S/C16H28N4O/c1-5-8-17-14-10-16(19-15(18-14)11-21-4)20-9-6-7-12(2)13(20)3/h10,12-13H,5-9,11H2,1-4H3,(H,17,18,19). The largest absolute Gasteiger partial charge is 0.377 e. The predicted octanol–water partition coefficient (Wildman–Crippen LogP) is 3.07. The number of nitrogens with one attached hydrogen (secondary N) is 1. The molecule has 0 aromatic carbocycles. The molecule has 0 radical (unpaired) electrons. The van der Waals surface area contributed by atoms with Crippen LogP contribution >= 0.6 is 0 Å². The summed E-state index contributed by atoms with van der Waals surface area (Å²) in [6.45, 7) is 9.22.